The second kappa shape index (κ2) is 37.5. The van der Waals surface area contributed by atoms with Gasteiger partial charge in [-0.2, -0.15) is 0 Å². The zero-order chi connectivity index (χ0) is 45.9. The summed E-state index contributed by atoms with van der Waals surface area (Å²) in [5.74, 6) is -1.06. The Bertz CT molecular complexity index is 1210. The van der Waals surface area contributed by atoms with E-state index in [4.69, 9.17) is 19.1 Å². The first-order valence-electron chi connectivity index (χ1n) is 24.4. The van der Waals surface area contributed by atoms with Crippen LogP contribution in [0.1, 0.15) is 194 Å². The van der Waals surface area contributed by atoms with Gasteiger partial charge in [0, 0.05) is 18.8 Å². The van der Waals surface area contributed by atoms with Crippen LogP contribution in [0.2, 0.25) is 0 Å². The largest absolute Gasteiger partial charge is 0.472 e. The molecule has 0 bridgehead atoms. The first kappa shape index (κ1) is 58.3. The molecule has 1 saturated carbocycles. The van der Waals surface area contributed by atoms with Crippen LogP contribution >= 0.6 is 7.82 Å². The molecule has 8 atom stereocenters. The molecule has 364 valence electrons. The SMILES string of the molecule is CCCCC[C@@H](O)/C=C/[C@@H]1[C@H](C/C=C\CC(=O)O[C@H](COC(=O)CCCCCCCCCCCCCCCCCCCCC(C)C)COP(=O)(O)OC[C@@H](O)CO)[C@@H](O)C[C@H]1O. The monoisotopic (exact) mass is 905 g/mol. The normalized spacial score (nSPS) is 20.5. The Hall–Kier alpha value is -1.67. The fourth-order valence-electron chi connectivity index (χ4n) is 7.80. The van der Waals surface area contributed by atoms with Crippen LogP contribution in [0.3, 0.4) is 0 Å². The van der Waals surface area contributed by atoms with Crippen molar-refractivity contribution in [2.75, 3.05) is 26.4 Å². The van der Waals surface area contributed by atoms with Gasteiger partial charge in [-0.25, -0.2) is 4.57 Å². The molecule has 0 radical (unpaired) electrons. The maximum absolute atomic E-state index is 12.8. The number of hydrogen-bond donors (Lipinski definition) is 6. The van der Waals surface area contributed by atoms with Crippen LogP contribution in [0.25, 0.3) is 0 Å². The zero-order valence-corrected chi connectivity index (χ0v) is 39.7. The number of phosphoric ester groups is 1. The minimum Gasteiger partial charge on any atom is -0.462 e. The smallest absolute Gasteiger partial charge is 0.462 e. The highest BCUT2D eigenvalue weighted by Gasteiger charge is 2.39. The van der Waals surface area contributed by atoms with Crippen molar-refractivity contribution in [2.24, 2.45) is 17.8 Å². The molecule has 0 aliphatic heterocycles. The van der Waals surface area contributed by atoms with Crippen LogP contribution in [0.15, 0.2) is 24.3 Å². The zero-order valence-electron chi connectivity index (χ0n) is 38.8. The number of aliphatic hydroxyl groups excluding tert-OH is 5. The number of carbonyl (C=O) groups is 2. The molecule has 0 amide bonds. The highest BCUT2D eigenvalue weighted by atomic mass is 31.2. The predicted octanol–water partition coefficient (Wildman–Crippen LogP) is 9.58. The molecule has 62 heavy (non-hydrogen) atoms. The third-order valence-electron chi connectivity index (χ3n) is 11.6. The van der Waals surface area contributed by atoms with Crippen LogP contribution in [0.4, 0.5) is 0 Å². The summed E-state index contributed by atoms with van der Waals surface area (Å²) in [5, 5.41) is 49.8. The average molecular weight is 905 g/mol. The molecule has 0 spiro atoms. The molecule has 1 rings (SSSR count). The molecular formula is C48H89O13P. The van der Waals surface area contributed by atoms with Gasteiger partial charge in [0.25, 0.3) is 0 Å². The molecule has 1 aliphatic rings. The van der Waals surface area contributed by atoms with E-state index in [-0.39, 0.29) is 31.1 Å². The maximum atomic E-state index is 12.8. The fraction of sp³-hybridized carbons (Fsp3) is 0.875. The fourth-order valence-corrected chi connectivity index (χ4v) is 8.59. The Morgan fingerprint density at radius 3 is 1.77 bits per heavy atom. The van der Waals surface area contributed by atoms with Crippen LogP contribution < -0.4 is 0 Å². The molecule has 13 nitrogen and oxygen atoms in total. The van der Waals surface area contributed by atoms with E-state index in [2.05, 4.69) is 25.3 Å². The van der Waals surface area contributed by atoms with Crippen molar-refractivity contribution in [2.45, 2.75) is 225 Å². The number of aliphatic hydroxyl groups is 5. The number of rotatable bonds is 41. The Morgan fingerprint density at radius 2 is 1.23 bits per heavy atom. The minimum atomic E-state index is -4.71. The van der Waals surface area contributed by atoms with Gasteiger partial charge in [-0.1, -0.05) is 180 Å². The maximum Gasteiger partial charge on any atom is 0.472 e. The van der Waals surface area contributed by atoms with E-state index in [1.165, 1.54) is 96.3 Å². The molecule has 0 saturated heterocycles. The minimum absolute atomic E-state index is 0.179. The number of ether oxygens (including phenoxy) is 2. The highest BCUT2D eigenvalue weighted by Crippen LogP contribution is 2.43. The van der Waals surface area contributed by atoms with Crippen LogP contribution in [0, 0.1) is 17.8 Å². The van der Waals surface area contributed by atoms with Gasteiger partial charge in [0.2, 0.25) is 0 Å². The molecule has 0 heterocycles. The molecule has 6 N–H and O–H groups in total. The van der Waals surface area contributed by atoms with Crippen molar-refractivity contribution >= 4 is 19.8 Å². The lowest BCUT2D eigenvalue weighted by Crippen LogP contribution is -2.29. The van der Waals surface area contributed by atoms with E-state index in [0.29, 0.717) is 19.3 Å². The van der Waals surface area contributed by atoms with Crippen LogP contribution in [-0.2, 0) is 32.7 Å². The second-order valence-electron chi connectivity index (χ2n) is 18.0. The second-order valence-corrected chi connectivity index (χ2v) is 19.4. The molecule has 0 aromatic heterocycles. The molecule has 1 fully saturated rings. The van der Waals surface area contributed by atoms with Crippen LogP contribution in [-0.4, -0.2) is 99.3 Å². The number of esters is 2. The van der Waals surface area contributed by atoms with Gasteiger partial charge in [0.1, 0.15) is 12.7 Å². The number of phosphoric acid groups is 1. The molecule has 14 heteroatoms. The third kappa shape index (κ3) is 32.1. The summed E-state index contributed by atoms with van der Waals surface area (Å²) in [5.41, 5.74) is 0. The Kier molecular flexibility index (Phi) is 35.3. The van der Waals surface area contributed by atoms with E-state index in [1.54, 1.807) is 24.3 Å². The Labute approximate surface area is 375 Å². The van der Waals surface area contributed by atoms with Gasteiger partial charge < -0.3 is 39.9 Å². The van der Waals surface area contributed by atoms with Gasteiger partial charge >= 0.3 is 19.8 Å². The van der Waals surface area contributed by atoms with E-state index in [1.807, 2.05) is 0 Å². The third-order valence-corrected chi connectivity index (χ3v) is 12.6. The summed E-state index contributed by atoms with van der Waals surface area (Å²) in [4.78, 5) is 35.4. The topological polar surface area (TPSA) is 210 Å². The first-order chi connectivity index (χ1) is 29.8. The van der Waals surface area contributed by atoms with Crippen molar-refractivity contribution in [3.05, 3.63) is 24.3 Å². The summed E-state index contributed by atoms with van der Waals surface area (Å²) in [6.07, 6.45) is 29.9. The Balaban J connectivity index is 2.39. The summed E-state index contributed by atoms with van der Waals surface area (Å²) in [6, 6.07) is 0. The van der Waals surface area contributed by atoms with Crippen LogP contribution in [0.5, 0.6) is 0 Å². The van der Waals surface area contributed by atoms with Crippen molar-refractivity contribution in [3.63, 3.8) is 0 Å². The summed E-state index contributed by atoms with van der Waals surface area (Å²) >= 11 is 0. The average Bonchev–Trinajstić information content (AvgIpc) is 3.51. The van der Waals surface area contributed by atoms with E-state index >= 15 is 0 Å². The summed E-state index contributed by atoms with van der Waals surface area (Å²) in [6.45, 7) is 4.27. The van der Waals surface area contributed by atoms with Gasteiger partial charge in [0.05, 0.1) is 44.6 Å². The van der Waals surface area contributed by atoms with E-state index in [0.717, 1.165) is 44.4 Å². The standard InChI is InChI=1S/C48H89O13P/c1-4-5-22-28-40(50)32-33-44-43(45(52)34-46(44)53)29-25-26-31-48(55)61-42(38-60-62(56,57)59-36-41(51)35-49)37-58-47(54)30-24-21-19-17-15-13-11-9-7-6-8-10-12-14-16-18-20-23-27-39(2)3/h25-26,32-33,39-46,49-53H,4-24,27-31,34-38H2,1-3H3,(H,56,57)/b26-25-,33-32+/t40-,41+,42-,43+,44-,45+,46-/m1/s1. The molecule has 0 aromatic rings. The molecule has 1 aliphatic carbocycles. The van der Waals surface area contributed by atoms with Gasteiger partial charge in [-0.15, -0.1) is 0 Å². The van der Waals surface area contributed by atoms with Crippen molar-refractivity contribution in [1.82, 2.24) is 0 Å². The lowest BCUT2D eigenvalue weighted by Gasteiger charge is -2.20. The van der Waals surface area contributed by atoms with Crippen molar-refractivity contribution in [1.29, 1.82) is 0 Å². The van der Waals surface area contributed by atoms with Gasteiger partial charge in [-0.05, 0) is 31.1 Å². The Morgan fingerprint density at radius 1 is 0.694 bits per heavy atom. The lowest BCUT2D eigenvalue weighted by atomic mass is 9.89. The van der Waals surface area contributed by atoms with Crippen molar-refractivity contribution in [3.8, 4) is 0 Å². The number of hydrogen-bond acceptors (Lipinski definition) is 12. The molecule has 0 aromatic carbocycles. The van der Waals surface area contributed by atoms with Gasteiger partial charge in [-0.3, -0.25) is 18.6 Å². The lowest BCUT2D eigenvalue weighted by molar-refractivity contribution is -0.160. The quantitative estimate of drug-likeness (QED) is 0.0146. The van der Waals surface area contributed by atoms with E-state index in [9.17, 15) is 39.5 Å². The highest BCUT2D eigenvalue weighted by molar-refractivity contribution is 7.47. The predicted molar refractivity (Wildman–Crippen MR) is 244 cm³/mol. The molecular weight excluding hydrogens is 815 g/mol. The number of allylic oxidation sites excluding steroid dienone is 1. The van der Waals surface area contributed by atoms with Crippen molar-refractivity contribution < 1.29 is 63.1 Å². The molecule has 1 unspecified atom stereocenters. The van der Waals surface area contributed by atoms with Gasteiger partial charge in [0.15, 0.2) is 6.10 Å². The summed E-state index contributed by atoms with van der Waals surface area (Å²) < 4.78 is 32.7. The summed E-state index contributed by atoms with van der Waals surface area (Å²) in [7, 11) is -4.71. The number of unbranched alkanes of at least 4 members (excludes halogenated alkanes) is 19. The first-order valence-corrected chi connectivity index (χ1v) is 25.9. The number of carbonyl (C=O) groups excluding carboxylic acids is 2. The van der Waals surface area contributed by atoms with E-state index < -0.39 is 76.7 Å².